The quantitative estimate of drug-likeness (QED) is 0.350. The zero-order valence-electron chi connectivity index (χ0n) is 17.2. The highest BCUT2D eigenvalue weighted by Gasteiger charge is 2.39. The first-order valence-corrected chi connectivity index (χ1v) is 12.4. The van der Waals surface area contributed by atoms with Gasteiger partial charge in [-0.1, -0.05) is 40.2 Å². The Hall–Kier alpha value is -1.82. The van der Waals surface area contributed by atoms with E-state index in [0.29, 0.717) is 34.8 Å². The van der Waals surface area contributed by atoms with Crippen LogP contribution < -0.4 is 0 Å². The summed E-state index contributed by atoms with van der Waals surface area (Å²) in [6.07, 6.45) is 1.27. The molecule has 2 aromatic rings. The number of aliphatic hydroxyl groups is 1. The molecule has 0 saturated carbocycles. The molecular formula is C22H21Br2F2NO5S. The van der Waals surface area contributed by atoms with E-state index in [9.17, 15) is 23.5 Å². The molecule has 1 aromatic carbocycles. The van der Waals surface area contributed by atoms with Crippen LogP contribution in [-0.2, 0) is 17.1 Å². The number of amides is 1. The zero-order chi connectivity index (χ0) is 24.2. The minimum atomic E-state index is -3.51. The number of rotatable bonds is 9. The maximum Gasteiger partial charge on any atom is 0.410 e. The van der Waals surface area contributed by atoms with E-state index in [2.05, 4.69) is 31.9 Å². The van der Waals surface area contributed by atoms with Crippen molar-refractivity contribution in [2.75, 3.05) is 13.2 Å². The first-order valence-electron chi connectivity index (χ1n) is 10.0. The fourth-order valence-electron chi connectivity index (χ4n) is 3.41. The monoisotopic (exact) mass is 607 g/mol. The molecule has 33 heavy (non-hydrogen) atoms. The van der Waals surface area contributed by atoms with Gasteiger partial charge in [0.25, 0.3) is 0 Å². The van der Waals surface area contributed by atoms with Crippen molar-refractivity contribution >= 4 is 55.3 Å². The molecule has 0 spiro atoms. The van der Waals surface area contributed by atoms with Crippen LogP contribution >= 0.6 is 43.2 Å². The van der Waals surface area contributed by atoms with Gasteiger partial charge < -0.3 is 19.8 Å². The largest absolute Gasteiger partial charge is 0.477 e. The van der Waals surface area contributed by atoms with E-state index in [1.54, 1.807) is 6.07 Å². The zero-order valence-corrected chi connectivity index (χ0v) is 21.2. The van der Waals surface area contributed by atoms with Gasteiger partial charge in [0.15, 0.2) is 0 Å². The number of cyclic esters (lactones) is 1. The summed E-state index contributed by atoms with van der Waals surface area (Å²) in [4.78, 5) is 25.9. The van der Waals surface area contributed by atoms with E-state index in [-0.39, 0.29) is 17.0 Å². The van der Waals surface area contributed by atoms with Crippen molar-refractivity contribution in [3.63, 3.8) is 0 Å². The third kappa shape index (κ3) is 6.40. The minimum Gasteiger partial charge on any atom is -0.477 e. The summed E-state index contributed by atoms with van der Waals surface area (Å²) in [6.45, 7) is 0.444. The van der Waals surface area contributed by atoms with E-state index in [0.717, 1.165) is 22.3 Å². The number of aliphatic hydroxyl groups excluding tert-OH is 1. The van der Waals surface area contributed by atoms with Crippen LogP contribution in [0, 0.1) is 0 Å². The number of carbonyl (C=O) groups excluding carboxylic acids is 1. The number of ether oxygens (including phenoxy) is 1. The van der Waals surface area contributed by atoms with Gasteiger partial charge in [-0.2, -0.15) is 8.78 Å². The Morgan fingerprint density at radius 3 is 2.79 bits per heavy atom. The number of aromatic carboxylic acids is 1. The Morgan fingerprint density at radius 2 is 2.12 bits per heavy atom. The van der Waals surface area contributed by atoms with Crippen molar-refractivity contribution in [2.24, 2.45) is 0 Å². The summed E-state index contributed by atoms with van der Waals surface area (Å²) in [6, 6.07) is 6.61. The van der Waals surface area contributed by atoms with Crippen molar-refractivity contribution in [3.05, 3.63) is 66.7 Å². The van der Waals surface area contributed by atoms with Gasteiger partial charge >= 0.3 is 18.0 Å². The molecule has 2 heterocycles. The molecule has 1 aromatic heterocycles. The molecule has 1 aliphatic rings. The van der Waals surface area contributed by atoms with Gasteiger partial charge in [0.05, 0.1) is 12.6 Å². The van der Waals surface area contributed by atoms with Crippen LogP contribution in [0.15, 0.2) is 51.4 Å². The number of alkyl halides is 2. The minimum absolute atomic E-state index is 0.154. The van der Waals surface area contributed by atoms with Gasteiger partial charge in [-0.15, -0.1) is 11.3 Å². The van der Waals surface area contributed by atoms with Crippen LogP contribution in [0.3, 0.4) is 0 Å². The molecule has 2 atom stereocenters. The number of nitrogens with zero attached hydrogens (tertiary/aromatic N) is 1. The lowest BCUT2D eigenvalue weighted by molar-refractivity contribution is -0.0930. The third-order valence-electron chi connectivity index (χ3n) is 5.14. The lowest BCUT2D eigenvalue weighted by Crippen LogP contribution is -2.45. The summed E-state index contributed by atoms with van der Waals surface area (Å²) in [7, 11) is 0. The van der Waals surface area contributed by atoms with Gasteiger partial charge in [0.1, 0.15) is 11.0 Å². The predicted octanol–water partition coefficient (Wildman–Crippen LogP) is 5.82. The second kappa shape index (κ2) is 11.1. The number of benzene rings is 1. The molecule has 2 N–H and O–H groups in total. The molecule has 11 heteroatoms. The summed E-state index contributed by atoms with van der Waals surface area (Å²) >= 11 is 7.66. The summed E-state index contributed by atoms with van der Waals surface area (Å²) < 4.78 is 35.6. The van der Waals surface area contributed by atoms with Gasteiger partial charge in [-0.3, -0.25) is 0 Å². The number of carboxylic acids is 1. The summed E-state index contributed by atoms with van der Waals surface area (Å²) in [5.41, 5.74) is -0.323. The highest BCUT2D eigenvalue weighted by Crippen LogP contribution is 2.34. The van der Waals surface area contributed by atoms with Crippen molar-refractivity contribution in [3.8, 4) is 0 Å². The molecule has 1 aliphatic heterocycles. The van der Waals surface area contributed by atoms with Gasteiger partial charge in [0.2, 0.25) is 0 Å². The molecule has 6 nitrogen and oxygen atoms in total. The topological polar surface area (TPSA) is 87.1 Å². The molecule has 3 rings (SSSR count). The summed E-state index contributed by atoms with van der Waals surface area (Å²) in [5.74, 6) is -4.51. The van der Waals surface area contributed by atoms with E-state index in [1.807, 2.05) is 0 Å². The van der Waals surface area contributed by atoms with Crippen LogP contribution in [0.4, 0.5) is 13.6 Å². The predicted molar refractivity (Wildman–Crippen MR) is 127 cm³/mol. The van der Waals surface area contributed by atoms with Gasteiger partial charge in [-0.05, 0) is 47.0 Å². The standard InChI is InChI=1S/C22H21Br2F2NO5S/c23-14-4-1-3-13(11-14)22(25,26)19(28)7-6-15-8-10-32-21(31)27(15)9-2-5-17-16(24)12-18(33-17)20(29)30/h1,3-4,6-7,11-12,15,19,28H,2,5,8-10H2,(H,29,30)/b7-6+/t15-,19+/m0/s1. The molecule has 0 unspecified atom stereocenters. The average molecular weight is 609 g/mol. The van der Waals surface area contributed by atoms with Crippen LogP contribution in [0.25, 0.3) is 0 Å². The maximum absolute atomic E-state index is 14.7. The normalized spacial score (nSPS) is 17.9. The smallest absolute Gasteiger partial charge is 0.410 e. The lowest BCUT2D eigenvalue weighted by atomic mass is 10.0. The van der Waals surface area contributed by atoms with Crippen molar-refractivity contribution < 1.29 is 33.3 Å². The fourth-order valence-corrected chi connectivity index (χ4v) is 5.56. The number of hydrogen-bond donors (Lipinski definition) is 2. The number of carboxylic acid groups (broad SMARTS) is 1. The van der Waals surface area contributed by atoms with Crippen LogP contribution in [0.2, 0.25) is 0 Å². The third-order valence-corrected chi connectivity index (χ3v) is 7.79. The molecule has 178 valence electrons. The van der Waals surface area contributed by atoms with Crippen molar-refractivity contribution in [1.29, 1.82) is 0 Å². The molecular weight excluding hydrogens is 588 g/mol. The number of aryl methyl sites for hydroxylation is 1. The second-order valence-electron chi connectivity index (χ2n) is 7.42. The highest BCUT2D eigenvalue weighted by molar-refractivity contribution is 9.10. The molecule has 0 radical (unpaired) electrons. The number of hydrogen-bond acceptors (Lipinski definition) is 5. The molecule has 1 saturated heterocycles. The molecule has 1 fully saturated rings. The second-order valence-corrected chi connectivity index (χ2v) is 10.3. The Bertz CT molecular complexity index is 1050. The number of thiophene rings is 1. The molecule has 0 aliphatic carbocycles. The van der Waals surface area contributed by atoms with Crippen molar-refractivity contribution in [1.82, 2.24) is 4.90 Å². The number of carbonyl (C=O) groups is 2. The molecule has 1 amide bonds. The van der Waals surface area contributed by atoms with Crippen LogP contribution in [0.1, 0.15) is 33.0 Å². The van der Waals surface area contributed by atoms with Crippen LogP contribution in [0.5, 0.6) is 0 Å². The first-order chi connectivity index (χ1) is 15.6. The number of halogens is 4. The van der Waals surface area contributed by atoms with Gasteiger partial charge in [-0.25, -0.2) is 9.59 Å². The SMILES string of the molecule is O=C(O)c1cc(Br)c(CCCN2C(=O)OCC[C@@H]2/C=C/[C@@H](O)C(F)(F)c2cccc(Br)c2)s1. The van der Waals surface area contributed by atoms with Crippen LogP contribution in [-0.4, -0.2) is 52.5 Å². The Kier molecular flexibility index (Phi) is 8.65. The Morgan fingerprint density at radius 1 is 1.36 bits per heavy atom. The Labute approximate surface area is 210 Å². The first kappa shape index (κ1) is 25.8. The average Bonchev–Trinajstić information content (AvgIpc) is 3.14. The maximum atomic E-state index is 14.7. The fraction of sp³-hybridized carbons (Fsp3) is 0.364. The van der Waals surface area contributed by atoms with E-state index < -0.39 is 30.1 Å². The van der Waals surface area contributed by atoms with E-state index >= 15 is 0 Å². The Balaban J connectivity index is 1.65. The lowest BCUT2D eigenvalue weighted by Gasteiger charge is -2.33. The highest BCUT2D eigenvalue weighted by atomic mass is 79.9. The van der Waals surface area contributed by atoms with E-state index in [1.165, 1.54) is 35.2 Å². The van der Waals surface area contributed by atoms with E-state index in [4.69, 9.17) is 9.84 Å². The molecule has 0 bridgehead atoms. The van der Waals surface area contributed by atoms with Gasteiger partial charge in [0, 0.05) is 32.4 Å². The van der Waals surface area contributed by atoms with Crippen molar-refractivity contribution in [2.45, 2.75) is 37.3 Å². The summed E-state index contributed by atoms with van der Waals surface area (Å²) in [5, 5.41) is 19.3.